The molecule has 0 atom stereocenters. The van der Waals surface area contributed by atoms with Crippen LogP contribution >= 0.6 is 0 Å². The zero-order valence-electron chi connectivity index (χ0n) is 19.3. The number of hydrogen-bond acceptors (Lipinski definition) is 5. The minimum atomic E-state index is -0.459. The van der Waals surface area contributed by atoms with Gasteiger partial charge in [-0.2, -0.15) is 0 Å². The predicted molar refractivity (Wildman–Crippen MR) is 135 cm³/mol. The molecule has 0 aromatic heterocycles. The Morgan fingerprint density at radius 3 is 2.14 bits per heavy atom. The summed E-state index contributed by atoms with van der Waals surface area (Å²) in [4.78, 5) is 37.2. The Bertz CT molecular complexity index is 1400. The van der Waals surface area contributed by atoms with Gasteiger partial charge < -0.3 is 20.1 Å². The zero-order valence-corrected chi connectivity index (χ0v) is 19.3. The number of fused-ring (bicyclic) bond motifs is 1. The molecule has 7 heteroatoms. The van der Waals surface area contributed by atoms with Crippen LogP contribution in [0.25, 0.3) is 10.8 Å². The van der Waals surface area contributed by atoms with Gasteiger partial charge in [0.25, 0.3) is 11.8 Å². The van der Waals surface area contributed by atoms with Crippen molar-refractivity contribution in [2.75, 3.05) is 24.4 Å². The minimum Gasteiger partial charge on any atom is -0.483 e. The van der Waals surface area contributed by atoms with E-state index in [1.54, 1.807) is 36.4 Å². The number of benzene rings is 4. The second-order valence-corrected chi connectivity index (χ2v) is 7.87. The number of carbonyl (C=O) groups excluding carboxylic acids is 3. The third kappa shape index (κ3) is 5.65. The molecule has 0 spiro atoms. The van der Waals surface area contributed by atoms with Crippen LogP contribution in [-0.2, 0) is 9.53 Å². The summed E-state index contributed by atoms with van der Waals surface area (Å²) in [5.41, 5.74) is 2.83. The highest BCUT2D eigenvalue weighted by atomic mass is 16.5. The molecule has 0 aliphatic heterocycles. The molecule has 0 aliphatic rings. The van der Waals surface area contributed by atoms with E-state index in [2.05, 4.69) is 15.4 Å². The van der Waals surface area contributed by atoms with Crippen LogP contribution in [0, 0.1) is 6.92 Å². The molecular weight excluding hydrogens is 444 g/mol. The lowest BCUT2D eigenvalue weighted by Crippen LogP contribution is -2.22. The molecule has 0 radical (unpaired) electrons. The van der Waals surface area contributed by atoms with E-state index in [1.165, 1.54) is 7.11 Å². The van der Waals surface area contributed by atoms with Crippen LogP contribution in [0.2, 0.25) is 0 Å². The van der Waals surface area contributed by atoms with Gasteiger partial charge in [0.15, 0.2) is 6.61 Å². The summed E-state index contributed by atoms with van der Waals surface area (Å²) in [6, 6.07) is 24.9. The molecule has 2 amide bonds. The molecule has 0 heterocycles. The molecule has 176 valence electrons. The number of nitrogens with one attached hydrogen (secondary N) is 2. The smallest absolute Gasteiger partial charge is 0.337 e. The summed E-state index contributed by atoms with van der Waals surface area (Å²) in [5.74, 6) is -0.905. The van der Waals surface area contributed by atoms with E-state index in [4.69, 9.17) is 4.74 Å². The second-order valence-electron chi connectivity index (χ2n) is 7.87. The summed E-state index contributed by atoms with van der Waals surface area (Å²) in [5, 5.41) is 7.40. The molecule has 7 nitrogen and oxygen atoms in total. The molecule has 0 saturated heterocycles. The molecule has 35 heavy (non-hydrogen) atoms. The van der Waals surface area contributed by atoms with Crippen molar-refractivity contribution in [2.24, 2.45) is 0 Å². The number of aryl methyl sites for hydroxylation is 1. The molecule has 4 aromatic rings. The Morgan fingerprint density at radius 1 is 0.800 bits per heavy atom. The average molecular weight is 469 g/mol. The van der Waals surface area contributed by atoms with Crippen molar-refractivity contribution in [3.63, 3.8) is 0 Å². The first-order valence-electron chi connectivity index (χ1n) is 11.0. The number of para-hydroxylation sites is 1. The van der Waals surface area contributed by atoms with Crippen molar-refractivity contribution in [3.05, 3.63) is 102 Å². The highest BCUT2D eigenvalue weighted by Crippen LogP contribution is 2.28. The van der Waals surface area contributed by atoms with Crippen LogP contribution in [0.4, 0.5) is 11.4 Å². The van der Waals surface area contributed by atoms with Crippen LogP contribution < -0.4 is 15.4 Å². The summed E-state index contributed by atoms with van der Waals surface area (Å²) in [6.07, 6.45) is 0. The number of hydrogen-bond donors (Lipinski definition) is 2. The standard InChI is InChI=1S/C28H24N2O5/c1-18-7-3-6-10-24(18)30-27(32)23-15-20-8-4-5-9-21(20)16-25(23)35-17-26(31)29-22-13-11-19(12-14-22)28(33)34-2/h3-16H,17H2,1-2H3,(H,29,31)(H,30,32). The lowest BCUT2D eigenvalue weighted by atomic mass is 10.0. The Hall–Kier alpha value is -4.65. The van der Waals surface area contributed by atoms with Crippen LogP contribution in [0.1, 0.15) is 26.3 Å². The second kappa shape index (κ2) is 10.5. The molecule has 0 aliphatic carbocycles. The van der Waals surface area contributed by atoms with E-state index in [9.17, 15) is 14.4 Å². The largest absolute Gasteiger partial charge is 0.483 e. The van der Waals surface area contributed by atoms with Gasteiger partial charge in [0.2, 0.25) is 0 Å². The fourth-order valence-electron chi connectivity index (χ4n) is 3.57. The number of carbonyl (C=O) groups is 3. The number of anilines is 2. The maximum Gasteiger partial charge on any atom is 0.337 e. The van der Waals surface area contributed by atoms with Crippen molar-refractivity contribution in [3.8, 4) is 5.75 Å². The van der Waals surface area contributed by atoms with E-state index < -0.39 is 11.9 Å². The maximum absolute atomic E-state index is 13.1. The predicted octanol–water partition coefficient (Wildman–Crippen LogP) is 5.20. The van der Waals surface area contributed by atoms with E-state index >= 15 is 0 Å². The third-order valence-corrected chi connectivity index (χ3v) is 5.43. The SMILES string of the molecule is COC(=O)c1ccc(NC(=O)COc2cc3ccccc3cc2C(=O)Nc2ccccc2C)cc1. The van der Waals surface area contributed by atoms with Crippen LogP contribution in [0.3, 0.4) is 0 Å². The average Bonchev–Trinajstić information content (AvgIpc) is 2.88. The molecule has 4 rings (SSSR count). The van der Waals surface area contributed by atoms with Gasteiger partial charge in [-0.05, 0) is 65.7 Å². The summed E-state index contributed by atoms with van der Waals surface area (Å²) >= 11 is 0. The van der Waals surface area contributed by atoms with E-state index in [1.807, 2.05) is 55.5 Å². The quantitative estimate of drug-likeness (QED) is 0.364. The number of amides is 2. The van der Waals surface area contributed by atoms with Crippen LogP contribution in [0.5, 0.6) is 5.75 Å². The van der Waals surface area contributed by atoms with Gasteiger partial charge in [-0.3, -0.25) is 9.59 Å². The molecule has 0 bridgehead atoms. The molecule has 0 saturated carbocycles. The van der Waals surface area contributed by atoms with Gasteiger partial charge in [0, 0.05) is 11.4 Å². The molecule has 4 aromatic carbocycles. The van der Waals surface area contributed by atoms with Crippen molar-refractivity contribution in [1.29, 1.82) is 0 Å². The lowest BCUT2D eigenvalue weighted by Gasteiger charge is -2.14. The maximum atomic E-state index is 13.1. The van der Waals surface area contributed by atoms with Crippen molar-refractivity contribution >= 4 is 39.9 Å². The van der Waals surface area contributed by atoms with Gasteiger partial charge in [0.05, 0.1) is 18.2 Å². The summed E-state index contributed by atoms with van der Waals surface area (Å²) < 4.78 is 10.5. The first-order chi connectivity index (χ1) is 16.9. The van der Waals surface area contributed by atoms with E-state index in [0.717, 1.165) is 16.3 Å². The Morgan fingerprint density at radius 2 is 1.46 bits per heavy atom. The van der Waals surface area contributed by atoms with Crippen molar-refractivity contribution < 1.29 is 23.9 Å². The molecule has 0 unspecified atom stereocenters. The number of rotatable bonds is 7. The van der Waals surface area contributed by atoms with Crippen LogP contribution in [-0.4, -0.2) is 31.5 Å². The number of esters is 1. The Balaban J connectivity index is 1.51. The van der Waals surface area contributed by atoms with Gasteiger partial charge in [-0.15, -0.1) is 0 Å². The fourth-order valence-corrected chi connectivity index (χ4v) is 3.57. The fraction of sp³-hybridized carbons (Fsp3) is 0.107. The van der Waals surface area contributed by atoms with Gasteiger partial charge in [-0.1, -0.05) is 42.5 Å². The number of methoxy groups -OCH3 is 1. The first kappa shape index (κ1) is 23.5. The zero-order chi connectivity index (χ0) is 24.8. The normalized spacial score (nSPS) is 10.5. The molecule has 2 N–H and O–H groups in total. The Kier molecular flexibility index (Phi) is 7.07. The monoisotopic (exact) mass is 468 g/mol. The summed E-state index contributed by atoms with van der Waals surface area (Å²) in [6.45, 7) is 1.61. The third-order valence-electron chi connectivity index (χ3n) is 5.43. The highest BCUT2D eigenvalue weighted by molar-refractivity contribution is 6.09. The molecule has 0 fully saturated rings. The van der Waals surface area contributed by atoms with Gasteiger partial charge >= 0.3 is 5.97 Å². The van der Waals surface area contributed by atoms with Crippen molar-refractivity contribution in [1.82, 2.24) is 0 Å². The van der Waals surface area contributed by atoms with Crippen molar-refractivity contribution in [2.45, 2.75) is 6.92 Å². The van der Waals surface area contributed by atoms with Crippen LogP contribution in [0.15, 0.2) is 84.9 Å². The lowest BCUT2D eigenvalue weighted by molar-refractivity contribution is -0.118. The summed E-state index contributed by atoms with van der Waals surface area (Å²) in [7, 11) is 1.30. The highest BCUT2D eigenvalue weighted by Gasteiger charge is 2.17. The van der Waals surface area contributed by atoms with E-state index in [-0.39, 0.29) is 12.5 Å². The molecular formula is C28H24N2O5. The topological polar surface area (TPSA) is 93.7 Å². The number of ether oxygens (including phenoxy) is 2. The Labute approximate surface area is 202 Å². The minimum absolute atomic E-state index is 0.297. The van der Waals surface area contributed by atoms with Gasteiger partial charge in [-0.25, -0.2) is 4.79 Å². The van der Waals surface area contributed by atoms with Gasteiger partial charge in [0.1, 0.15) is 5.75 Å². The first-order valence-corrected chi connectivity index (χ1v) is 11.0. The van der Waals surface area contributed by atoms with E-state index in [0.29, 0.717) is 28.3 Å².